The van der Waals surface area contributed by atoms with Gasteiger partial charge in [0.15, 0.2) is 5.16 Å². The fraction of sp³-hybridized carbons (Fsp3) is 0.435. The number of carbonyl (C=O) groups excluding carboxylic acids is 1. The SMILES string of the molecule is C[C@H](Sc1nnc(C2CC2)n1Cc1ccco1)C(=O)N1CCN(c2ccccc2)CC1. The van der Waals surface area contributed by atoms with Crippen LogP contribution in [0.4, 0.5) is 5.69 Å². The first-order valence-corrected chi connectivity index (χ1v) is 11.8. The third kappa shape index (κ3) is 4.49. The summed E-state index contributed by atoms with van der Waals surface area (Å²) in [7, 11) is 0. The maximum absolute atomic E-state index is 13.1. The molecule has 3 aromatic rings. The summed E-state index contributed by atoms with van der Waals surface area (Å²) < 4.78 is 7.67. The van der Waals surface area contributed by atoms with E-state index in [1.807, 2.05) is 30.0 Å². The molecule has 0 spiro atoms. The molecule has 1 aliphatic carbocycles. The van der Waals surface area contributed by atoms with Gasteiger partial charge in [0.1, 0.15) is 11.6 Å². The van der Waals surface area contributed by atoms with Gasteiger partial charge >= 0.3 is 0 Å². The van der Waals surface area contributed by atoms with Crippen molar-refractivity contribution >= 4 is 23.4 Å². The minimum atomic E-state index is -0.213. The summed E-state index contributed by atoms with van der Waals surface area (Å²) in [6.07, 6.45) is 3.99. The van der Waals surface area contributed by atoms with Crippen LogP contribution in [0.3, 0.4) is 0 Å². The van der Waals surface area contributed by atoms with E-state index in [0.717, 1.165) is 55.8 Å². The largest absolute Gasteiger partial charge is 0.467 e. The lowest BCUT2D eigenvalue weighted by Gasteiger charge is -2.37. The van der Waals surface area contributed by atoms with Gasteiger partial charge in [-0.3, -0.25) is 9.36 Å². The summed E-state index contributed by atoms with van der Waals surface area (Å²) in [6.45, 7) is 5.77. The molecule has 0 radical (unpaired) electrons. The number of carbonyl (C=O) groups is 1. The highest BCUT2D eigenvalue weighted by Crippen LogP contribution is 2.40. The van der Waals surface area contributed by atoms with E-state index >= 15 is 0 Å². The minimum absolute atomic E-state index is 0.165. The Balaban J connectivity index is 1.23. The molecule has 2 aromatic heterocycles. The van der Waals surface area contributed by atoms with Crippen molar-refractivity contribution in [3.8, 4) is 0 Å². The quantitative estimate of drug-likeness (QED) is 0.526. The maximum Gasteiger partial charge on any atom is 0.236 e. The van der Waals surface area contributed by atoms with E-state index in [2.05, 4.69) is 43.9 Å². The van der Waals surface area contributed by atoms with Crippen molar-refractivity contribution in [3.63, 3.8) is 0 Å². The van der Waals surface area contributed by atoms with Crippen molar-refractivity contribution in [2.24, 2.45) is 0 Å². The van der Waals surface area contributed by atoms with E-state index in [-0.39, 0.29) is 11.2 Å². The second-order valence-corrected chi connectivity index (χ2v) is 9.50. The Morgan fingerprint density at radius 1 is 1.10 bits per heavy atom. The zero-order valence-corrected chi connectivity index (χ0v) is 18.5. The van der Waals surface area contributed by atoms with E-state index in [9.17, 15) is 4.79 Å². The Morgan fingerprint density at radius 3 is 2.55 bits per heavy atom. The number of anilines is 1. The first-order valence-electron chi connectivity index (χ1n) is 10.9. The molecular formula is C23H27N5O2S. The highest BCUT2D eigenvalue weighted by Gasteiger charge is 2.32. The molecule has 0 bridgehead atoms. The van der Waals surface area contributed by atoms with E-state index < -0.39 is 0 Å². The molecule has 8 heteroatoms. The van der Waals surface area contributed by atoms with E-state index in [1.165, 1.54) is 17.4 Å². The van der Waals surface area contributed by atoms with Crippen LogP contribution in [0.1, 0.15) is 37.3 Å². The average Bonchev–Trinajstić information content (AvgIpc) is 3.39. The minimum Gasteiger partial charge on any atom is -0.467 e. The highest BCUT2D eigenvalue weighted by molar-refractivity contribution is 8.00. The number of rotatable bonds is 7. The normalized spacial score (nSPS) is 17.7. The lowest BCUT2D eigenvalue weighted by Crippen LogP contribution is -2.50. The van der Waals surface area contributed by atoms with Crippen molar-refractivity contribution in [2.75, 3.05) is 31.1 Å². The molecular weight excluding hydrogens is 410 g/mol. The summed E-state index contributed by atoms with van der Waals surface area (Å²) in [4.78, 5) is 17.5. The first-order chi connectivity index (χ1) is 15.2. The molecule has 1 aromatic carbocycles. The number of piperazine rings is 1. The van der Waals surface area contributed by atoms with Gasteiger partial charge < -0.3 is 14.2 Å². The Hall–Kier alpha value is -2.74. The lowest BCUT2D eigenvalue weighted by molar-refractivity contribution is -0.130. The van der Waals surface area contributed by atoms with Gasteiger partial charge in [-0.2, -0.15) is 0 Å². The van der Waals surface area contributed by atoms with Gasteiger partial charge in [0.25, 0.3) is 0 Å². The van der Waals surface area contributed by atoms with Gasteiger partial charge in [0.05, 0.1) is 18.1 Å². The van der Waals surface area contributed by atoms with Crippen LogP contribution >= 0.6 is 11.8 Å². The molecule has 3 heterocycles. The predicted molar refractivity (Wildman–Crippen MR) is 120 cm³/mol. The number of para-hydroxylation sites is 1. The van der Waals surface area contributed by atoms with Crippen LogP contribution in [0.5, 0.6) is 0 Å². The number of hydrogen-bond acceptors (Lipinski definition) is 6. The Morgan fingerprint density at radius 2 is 1.87 bits per heavy atom. The molecule has 5 rings (SSSR count). The summed E-state index contributed by atoms with van der Waals surface area (Å²) in [5.74, 6) is 2.53. The molecule has 1 saturated carbocycles. The Kier molecular flexibility index (Phi) is 5.72. The van der Waals surface area contributed by atoms with E-state index in [1.54, 1.807) is 6.26 Å². The fourth-order valence-corrected chi connectivity index (χ4v) is 4.97. The molecule has 1 amide bonds. The van der Waals surface area contributed by atoms with E-state index in [0.29, 0.717) is 12.5 Å². The van der Waals surface area contributed by atoms with Gasteiger partial charge in [0.2, 0.25) is 5.91 Å². The van der Waals surface area contributed by atoms with Gasteiger partial charge in [-0.1, -0.05) is 30.0 Å². The third-order valence-corrected chi connectivity index (χ3v) is 6.99. The summed E-state index contributed by atoms with van der Waals surface area (Å²) in [5.41, 5.74) is 1.22. The number of thioether (sulfide) groups is 1. The molecule has 2 aliphatic rings. The Labute approximate surface area is 186 Å². The van der Waals surface area contributed by atoms with Gasteiger partial charge in [0, 0.05) is 37.8 Å². The third-order valence-electron chi connectivity index (χ3n) is 5.92. The van der Waals surface area contributed by atoms with Gasteiger partial charge in [-0.05, 0) is 44.0 Å². The van der Waals surface area contributed by atoms with Crippen LogP contribution in [0.2, 0.25) is 0 Å². The highest BCUT2D eigenvalue weighted by atomic mass is 32.2. The van der Waals surface area contributed by atoms with Gasteiger partial charge in [-0.25, -0.2) is 0 Å². The molecule has 1 atom stereocenters. The molecule has 7 nitrogen and oxygen atoms in total. The fourth-order valence-electron chi connectivity index (χ4n) is 4.03. The monoisotopic (exact) mass is 437 g/mol. The molecule has 31 heavy (non-hydrogen) atoms. The molecule has 162 valence electrons. The second-order valence-electron chi connectivity index (χ2n) is 8.19. The zero-order valence-electron chi connectivity index (χ0n) is 17.7. The number of hydrogen-bond donors (Lipinski definition) is 0. The Bertz CT molecular complexity index is 1010. The molecule has 0 N–H and O–H groups in total. The van der Waals surface area contributed by atoms with Crippen molar-refractivity contribution in [3.05, 3.63) is 60.3 Å². The molecule has 1 saturated heterocycles. The van der Waals surface area contributed by atoms with Crippen LogP contribution in [-0.4, -0.2) is 57.0 Å². The van der Waals surface area contributed by atoms with Crippen LogP contribution in [0.15, 0.2) is 58.3 Å². The molecule has 1 aliphatic heterocycles. The standard InChI is InChI=1S/C23H27N5O2S/c1-17(22(29)27-13-11-26(12-14-27)19-6-3-2-4-7-19)31-23-25-24-21(18-9-10-18)28(23)16-20-8-5-15-30-20/h2-8,15,17-18H,9-14,16H2,1H3/t17-/m0/s1. The number of benzene rings is 1. The number of nitrogens with zero attached hydrogens (tertiary/aromatic N) is 5. The van der Waals surface area contributed by atoms with Crippen molar-refractivity contribution in [1.82, 2.24) is 19.7 Å². The summed E-state index contributed by atoms with van der Waals surface area (Å²) in [5, 5.41) is 9.46. The number of aromatic nitrogens is 3. The zero-order chi connectivity index (χ0) is 21.2. The van der Waals surface area contributed by atoms with Crippen LogP contribution in [0.25, 0.3) is 0 Å². The van der Waals surface area contributed by atoms with Crippen LogP contribution < -0.4 is 4.90 Å². The maximum atomic E-state index is 13.1. The lowest BCUT2D eigenvalue weighted by atomic mass is 10.2. The van der Waals surface area contributed by atoms with Crippen molar-refractivity contribution in [2.45, 2.75) is 42.6 Å². The second kappa shape index (κ2) is 8.78. The van der Waals surface area contributed by atoms with E-state index in [4.69, 9.17) is 4.42 Å². The number of amides is 1. The smallest absolute Gasteiger partial charge is 0.236 e. The predicted octanol–water partition coefficient (Wildman–Crippen LogP) is 3.63. The van der Waals surface area contributed by atoms with Crippen LogP contribution in [-0.2, 0) is 11.3 Å². The topological polar surface area (TPSA) is 67.4 Å². The van der Waals surface area contributed by atoms with Crippen molar-refractivity contribution in [1.29, 1.82) is 0 Å². The van der Waals surface area contributed by atoms with Gasteiger partial charge in [-0.15, -0.1) is 10.2 Å². The van der Waals surface area contributed by atoms with Crippen molar-refractivity contribution < 1.29 is 9.21 Å². The molecule has 2 fully saturated rings. The first kappa shape index (κ1) is 20.2. The van der Waals surface area contributed by atoms with Crippen LogP contribution in [0, 0.1) is 0 Å². The molecule has 0 unspecified atom stereocenters. The summed E-state index contributed by atoms with van der Waals surface area (Å²) in [6, 6.07) is 14.2. The summed E-state index contributed by atoms with van der Waals surface area (Å²) >= 11 is 1.50. The average molecular weight is 438 g/mol. The number of furan rings is 1.